The zero-order valence-electron chi connectivity index (χ0n) is 14.3. The summed E-state index contributed by atoms with van der Waals surface area (Å²) in [5.74, 6) is 2.09. The normalized spacial score (nSPS) is 10.8. The maximum atomic E-state index is 12.6. The lowest BCUT2D eigenvalue weighted by molar-refractivity contribution is 0.102. The smallest absolute Gasteiger partial charge is 0.267 e. The Labute approximate surface area is 154 Å². The number of carbonyl (C=O) groups excluding carboxylic acids is 1. The Balaban J connectivity index is 1.49. The number of carbonyl (C=O) groups is 1. The van der Waals surface area contributed by atoms with Crippen molar-refractivity contribution in [1.82, 2.24) is 14.6 Å². The Kier molecular flexibility index (Phi) is 4.14. The van der Waals surface area contributed by atoms with Crippen molar-refractivity contribution in [3.63, 3.8) is 0 Å². The number of aromatic nitrogens is 3. The first-order valence-electron chi connectivity index (χ1n) is 8.07. The topological polar surface area (TPSA) is 68.5 Å². The molecule has 0 saturated heterocycles. The van der Waals surface area contributed by atoms with Crippen LogP contribution in [0.3, 0.4) is 0 Å². The SMILES string of the molecule is Cc1nnc2sc(C(=O)Nc3ccc(Oc4ccccc4)cc3)c(C)n12. The average molecular weight is 364 g/mol. The van der Waals surface area contributed by atoms with E-state index < -0.39 is 0 Å². The van der Waals surface area contributed by atoms with Crippen molar-refractivity contribution < 1.29 is 9.53 Å². The van der Waals surface area contributed by atoms with E-state index in [4.69, 9.17) is 4.74 Å². The van der Waals surface area contributed by atoms with Crippen LogP contribution in [0, 0.1) is 13.8 Å². The average Bonchev–Trinajstić information content (AvgIpc) is 3.18. The van der Waals surface area contributed by atoms with Gasteiger partial charge in [-0.1, -0.05) is 29.5 Å². The number of rotatable bonds is 4. The van der Waals surface area contributed by atoms with Gasteiger partial charge in [-0.25, -0.2) is 0 Å². The number of para-hydroxylation sites is 1. The molecule has 0 atom stereocenters. The molecule has 0 saturated carbocycles. The number of thiazole rings is 1. The number of amides is 1. The van der Waals surface area contributed by atoms with Gasteiger partial charge in [0.1, 0.15) is 22.2 Å². The molecule has 0 aliphatic carbocycles. The van der Waals surface area contributed by atoms with Crippen molar-refractivity contribution in [3.05, 3.63) is 71.0 Å². The number of hydrogen-bond donors (Lipinski definition) is 1. The molecule has 7 heteroatoms. The van der Waals surface area contributed by atoms with Gasteiger partial charge in [-0.05, 0) is 50.2 Å². The largest absolute Gasteiger partial charge is 0.457 e. The van der Waals surface area contributed by atoms with Crippen molar-refractivity contribution >= 4 is 27.9 Å². The van der Waals surface area contributed by atoms with Gasteiger partial charge in [0.15, 0.2) is 0 Å². The molecule has 4 aromatic rings. The van der Waals surface area contributed by atoms with Crippen molar-refractivity contribution in [1.29, 1.82) is 0 Å². The van der Waals surface area contributed by atoms with Gasteiger partial charge in [-0.2, -0.15) is 0 Å². The van der Waals surface area contributed by atoms with Crippen LogP contribution in [0.5, 0.6) is 11.5 Å². The summed E-state index contributed by atoms with van der Waals surface area (Å²) in [6, 6.07) is 16.8. The fourth-order valence-corrected chi connectivity index (χ4v) is 3.70. The van der Waals surface area contributed by atoms with Crippen molar-refractivity contribution in [2.24, 2.45) is 0 Å². The van der Waals surface area contributed by atoms with Crippen LogP contribution in [-0.4, -0.2) is 20.5 Å². The number of anilines is 1. The lowest BCUT2D eigenvalue weighted by atomic mass is 10.3. The molecule has 0 aliphatic rings. The van der Waals surface area contributed by atoms with E-state index in [1.54, 1.807) is 0 Å². The Hall–Kier alpha value is -3.19. The lowest BCUT2D eigenvalue weighted by Gasteiger charge is -2.08. The number of aryl methyl sites for hydroxylation is 2. The number of hydrogen-bond acceptors (Lipinski definition) is 5. The molecule has 0 unspecified atom stereocenters. The van der Waals surface area contributed by atoms with Gasteiger partial charge in [0.05, 0.1) is 0 Å². The molecule has 26 heavy (non-hydrogen) atoms. The Bertz CT molecular complexity index is 1070. The Morgan fingerprint density at radius 1 is 1.00 bits per heavy atom. The van der Waals surface area contributed by atoms with E-state index in [0.717, 1.165) is 22.2 Å². The molecule has 0 radical (unpaired) electrons. The van der Waals surface area contributed by atoms with Crippen LogP contribution in [0.15, 0.2) is 54.6 Å². The highest BCUT2D eigenvalue weighted by atomic mass is 32.1. The van der Waals surface area contributed by atoms with E-state index >= 15 is 0 Å². The minimum Gasteiger partial charge on any atom is -0.457 e. The molecule has 1 N–H and O–H groups in total. The second-order valence-corrected chi connectivity index (χ2v) is 6.75. The minimum absolute atomic E-state index is 0.158. The predicted octanol–water partition coefficient (Wildman–Crippen LogP) is 4.45. The quantitative estimate of drug-likeness (QED) is 0.581. The minimum atomic E-state index is -0.158. The van der Waals surface area contributed by atoms with Crippen LogP contribution >= 0.6 is 11.3 Å². The number of benzene rings is 2. The zero-order valence-corrected chi connectivity index (χ0v) is 15.1. The summed E-state index contributed by atoms with van der Waals surface area (Å²) in [7, 11) is 0. The molecule has 0 spiro atoms. The molecule has 0 fully saturated rings. The highest BCUT2D eigenvalue weighted by Crippen LogP contribution is 2.25. The second kappa shape index (κ2) is 6.61. The maximum absolute atomic E-state index is 12.6. The standard InChI is InChI=1S/C19H16N4O2S/c1-12-17(26-19-22-21-13(2)23(12)19)18(24)20-14-8-10-16(11-9-14)25-15-6-4-3-5-7-15/h3-11H,1-2H3,(H,20,24). The molecule has 2 aromatic carbocycles. The number of ether oxygens (including phenoxy) is 1. The third-order valence-electron chi connectivity index (χ3n) is 3.95. The van der Waals surface area contributed by atoms with Gasteiger partial charge in [-0.15, -0.1) is 10.2 Å². The maximum Gasteiger partial charge on any atom is 0.267 e. The van der Waals surface area contributed by atoms with E-state index in [9.17, 15) is 4.79 Å². The molecular weight excluding hydrogens is 348 g/mol. The summed E-state index contributed by atoms with van der Waals surface area (Å²) in [5.41, 5.74) is 1.55. The highest BCUT2D eigenvalue weighted by molar-refractivity contribution is 7.19. The fraction of sp³-hybridized carbons (Fsp3) is 0.105. The summed E-state index contributed by atoms with van der Waals surface area (Å²) in [6.07, 6.45) is 0. The molecule has 4 rings (SSSR count). The third-order valence-corrected chi connectivity index (χ3v) is 5.08. The van der Waals surface area contributed by atoms with Gasteiger partial charge in [0, 0.05) is 11.4 Å². The highest BCUT2D eigenvalue weighted by Gasteiger charge is 2.18. The number of nitrogens with zero attached hydrogens (tertiary/aromatic N) is 3. The second-order valence-electron chi connectivity index (χ2n) is 5.78. The Morgan fingerprint density at radius 2 is 1.69 bits per heavy atom. The lowest BCUT2D eigenvalue weighted by Crippen LogP contribution is -2.12. The van der Waals surface area contributed by atoms with Gasteiger partial charge in [-0.3, -0.25) is 9.20 Å². The first-order valence-corrected chi connectivity index (χ1v) is 8.89. The van der Waals surface area contributed by atoms with Gasteiger partial charge in [0.2, 0.25) is 4.96 Å². The summed E-state index contributed by atoms with van der Waals surface area (Å²) >= 11 is 1.33. The van der Waals surface area contributed by atoms with Crippen LogP contribution in [-0.2, 0) is 0 Å². The fourth-order valence-electron chi connectivity index (χ4n) is 2.69. The summed E-state index contributed by atoms with van der Waals surface area (Å²) in [6.45, 7) is 3.76. The van der Waals surface area contributed by atoms with Crippen LogP contribution in [0.4, 0.5) is 5.69 Å². The summed E-state index contributed by atoms with van der Waals surface area (Å²) in [4.78, 5) is 13.9. The third kappa shape index (κ3) is 3.04. The molecule has 130 valence electrons. The van der Waals surface area contributed by atoms with Crippen LogP contribution in [0.25, 0.3) is 4.96 Å². The monoisotopic (exact) mass is 364 g/mol. The van der Waals surface area contributed by atoms with Gasteiger partial charge >= 0.3 is 0 Å². The van der Waals surface area contributed by atoms with Crippen molar-refractivity contribution in [2.75, 3.05) is 5.32 Å². The zero-order chi connectivity index (χ0) is 18.1. The first kappa shape index (κ1) is 16.3. The van der Waals surface area contributed by atoms with Crippen LogP contribution in [0.2, 0.25) is 0 Å². The van der Waals surface area contributed by atoms with Gasteiger partial charge in [0.25, 0.3) is 5.91 Å². The molecule has 0 aliphatic heterocycles. The number of nitrogens with one attached hydrogen (secondary N) is 1. The number of fused-ring (bicyclic) bond motifs is 1. The van der Waals surface area contributed by atoms with E-state index in [1.807, 2.05) is 72.8 Å². The molecular formula is C19H16N4O2S. The Morgan fingerprint density at radius 3 is 2.38 bits per heavy atom. The molecule has 2 aromatic heterocycles. The van der Waals surface area contributed by atoms with E-state index in [0.29, 0.717) is 16.3 Å². The summed E-state index contributed by atoms with van der Waals surface area (Å²) in [5, 5.41) is 11.0. The van der Waals surface area contributed by atoms with Crippen molar-refractivity contribution in [2.45, 2.75) is 13.8 Å². The van der Waals surface area contributed by atoms with Gasteiger partial charge < -0.3 is 10.1 Å². The molecule has 0 bridgehead atoms. The van der Waals surface area contributed by atoms with E-state index in [-0.39, 0.29) is 5.91 Å². The first-order chi connectivity index (χ1) is 12.6. The van der Waals surface area contributed by atoms with Crippen LogP contribution < -0.4 is 10.1 Å². The predicted molar refractivity (Wildman–Crippen MR) is 101 cm³/mol. The summed E-state index contributed by atoms with van der Waals surface area (Å²) < 4.78 is 7.64. The molecule has 6 nitrogen and oxygen atoms in total. The van der Waals surface area contributed by atoms with E-state index in [1.165, 1.54) is 11.3 Å². The molecule has 1 amide bonds. The van der Waals surface area contributed by atoms with Crippen LogP contribution in [0.1, 0.15) is 21.2 Å². The van der Waals surface area contributed by atoms with E-state index in [2.05, 4.69) is 15.5 Å². The van der Waals surface area contributed by atoms with Crippen molar-refractivity contribution in [3.8, 4) is 11.5 Å². The molecule has 2 heterocycles.